The van der Waals surface area contributed by atoms with E-state index in [-0.39, 0.29) is 17.9 Å². The van der Waals surface area contributed by atoms with Gasteiger partial charge in [-0.3, -0.25) is 0 Å². The number of rotatable bonds is 4. The van der Waals surface area contributed by atoms with E-state index in [1.165, 1.54) is 0 Å². The first kappa shape index (κ1) is 14.0. The number of hydrogen-bond acceptors (Lipinski definition) is 2. The Morgan fingerprint density at radius 3 is 2.90 bits per heavy atom. The van der Waals surface area contributed by atoms with Gasteiger partial charge in [0.15, 0.2) is 0 Å². The van der Waals surface area contributed by atoms with Crippen molar-refractivity contribution in [2.24, 2.45) is 17.0 Å². The number of alkyl halides is 1. The average Bonchev–Trinajstić information content (AvgIpc) is 2.89. The highest BCUT2D eigenvalue weighted by molar-refractivity contribution is 6.42. The van der Waals surface area contributed by atoms with Crippen LogP contribution < -0.4 is 0 Å². The summed E-state index contributed by atoms with van der Waals surface area (Å²) in [5.74, 6) is -0.172. The number of benzene rings is 1. The van der Waals surface area contributed by atoms with Crippen molar-refractivity contribution in [3.63, 3.8) is 0 Å². The Bertz CT molecular complexity index is 579. The largest absolute Gasteiger partial charge is 0.373 e. The molecule has 5 atom stereocenters. The Kier molecular flexibility index (Phi) is 3.78. The lowest BCUT2D eigenvalue weighted by Gasteiger charge is -2.19. The quantitative estimate of drug-likeness (QED) is 0.457. The lowest BCUT2D eigenvalue weighted by Crippen LogP contribution is -2.26. The molecule has 2 fully saturated rings. The van der Waals surface area contributed by atoms with Crippen LogP contribution in [0.5, 0.6) is 0 Å². The third-order valence-electron chi connectivity index (χ3n) is 4.04. The van der Waals surface area contributed by atoms with Crippen LogP contribution in [-0.2, 0) is 11.3 Å². The van der Waals surface area contributed by atoms with E-state index in [2.05, 4.69) is 10.0 Å². The molecular weight excluding hydrogens is 304 g/mol. The summed E-state index contributed by atoms with van der Waals surface area (Å²) in [6, 6.07) is 4.87. The third-order valence-corrected chi connectivity index (χ3v) is 4.78. The van der Waals surface area contributed by atoms with Gasteiger partial charge in [-0.25, -0.2) is 4.39 Å². The van der Waals surface area contributed by atoms with Gasteiger partial charge in [0.2, 0.25) is 0 Å². The molecule has 0 N–H and O–H groups in total. The van der Waals surface area contributed by atoms with Crippen LogP contribution in [0.25, 0.3) is 10.4 Å². The fourth-order valence-electron chi connectivity index (χ4n) is 2.95. The van der Waals surface area contributed by atoms with Crippen LogP contribution in [0.4, 0.5) is 4.39 Å². The highest BCUT2D eigenvalue weighted by Crippen LogP contribution is 2.56. The molecule has 4 nitrogen and oxygen atoms in total. The van der Waals surface area contributed by atoms with E-state index in [0.29, 0.717) is 23.1 Å². The van der Waals surface area contributed by atoms with Crippen molar-refractivity contribution in [2.75, 3.05) is 0 Å². The summed E-state index contributed by atoms with van der Waals surface area (Å²) >= 11 is 11.8. The summed E-state index contributed by atoms with van der Waals surface area (Å²) in [7, 11) is 0. The van der Waals surface area contributed by atoms with Crippen LogP contribution in [0.15, 0.2) is 23.3 Å². The van der Waals surface area contributed by atoms with Crippen LogP contribution in [-0.4, -0.2) is 18.3 Å². The van der Waals surface area contributed by atoms with E-state index in [9.17, 15) is 4.39 Å². The Balaban J connectivity index is 1.63. The summed E-state index contributed by atoms with van der Waals surface area (Å²) in [5.41, 5.74) is 9.45. The number of hydrogen-bond donors (Lipinski definition) is 0. The van der Waals surface area contributed by atoms with E-state index in [1.54, 1.807) is 12.1 Å². The predicted octanol–water partition coefficient (Wildman–Crippen LogP) is 4.55. The Labute approximate surface area is 125 Å². The Hall–Kier alpha value is -1.000. The van der Waals surface area contributed by atoms with Crippen molar-refractivity contribution in [1.82, 2.24) is 0 Å². The lowest BCUT2D eigenvalue weighted by molar-refractivity contribution is 0.0215. The summed E-state index contributed by atoms with van der Waals surface area (Å²) in [6.45, 7) is 0.343. The van der Waals surface area contributed by atoms with Gasteiger partial charge in [-0.1, -0.05) is 34.4 Å². The maximum Gasteiger partial charge on any atom is 0.107 e. The smallest absolute Gasteiger partial charge is 0.107 e. The standard InChI is InChI=1S/C13H12Cl2FN3O/c14-8-2-1-6(3-9(8)15)5-20-10-4-7-11(12(7)16)13(10)18-19-17/h1-3,7,10-13H,4-5H2/t7-,10-,11+,12-,13+/m1/s1. The molecule has 2 aliphatic rings. The van der Waals surface area contributed by atoms with Crippen LogP contribution in [0.3, 0.4) is 0 Å². The maximum atomic E-state index is 13.4. The average molecular weight is 316 g/mol. The molecule has 0 spiro atoms. The highest BCUT2D eigenvalue weighted by atomic mass is 35.5. The molecule has 3 rings (SSSR count). The summed E-state index contributed by atoms with van der Waals surface area (Å²) in [6.07, 6.45) is -0.450. The fourth-order valence-corrected chi connectivity index (χ4v) is 3.27. The predicted molar refractivity (Wildman–Crippen MR) is 74.5 cm³/mol. The van der Waals surface area contributed by atoms with Crippen LogP contribution in [0.1, 0.15) is 12.0 Å². The second-order valence-corrected chi connectivity index (χ2v) is 6.03. The SMILES string of the molecule is [N-]=[N+]=N[C@@H]1[C@@H]2[C@H](F)[C@@H]2C[C@H]1OCc1ccc(Cl)c(Cl)c1. The minimum atomic E-state index is -0.838. The van der Waals surface area contributed by atoms with Gasteiger partial charge in [-0.2, -0.15) is 0 Å². The molecule has 106 valence electrons. The van der Waals surface area contributed by atoms with Gasteiger partial charge in [0.25, 0.3) is 0 Å². The molecule has 2 aliphatic carbocycles. The number of nitrogens with zero attached hydrogens (tertiary/aromatic N) is 3. The molecule has 1 aromatic rings. The summed E-state index contributed by atoms with van der Waals surface area (Å²) < 4.78 is 19.1. The Morgan fingerprint density at radius 2 is 2.20 bits per heavy atom. The van der Waals surface area contributed by atoms with Gasteiger partial charge in [0.05, 0.1) is 28.8 Å². The number of fused-ring (bicyclic) bond motifs is 1. The third kappa shape index (κ3) is 2.47. The van der Waals surface area contributed by atoms with E-state index in [0.717, 1.165) is 5.56 Å². The van der Waals surface area contributed by atoms with E-state index < -0.39 is 12.2 Å². The zero-order valence-corrected chi connectivity index (χ0v) is 11.9. The van der Waals surface area contributed by atoms with Crippen molar-refractivity contribution >= 4 is 23.2 Å². The zero-order valence-electron chi connectivity index (χ0n) is 10.4. The molecule has 7 heteroatoms. The van der Waals surface area contributed by atoms with Crippen LogP contribution in [0.2, 0.25) is 10.0 Å². The minimum Gasteiger partial charge on any atom is -0.373 e. The fraction of sp³-hybridized carbons (Fsp3) is 0.538. The van der Waals surface area contributed by atoms with Crippen LogP contribution >= 0.6 is 23.2 Å². The first-order valence-electron chi connectivity index (χ1n) is 6.35. The van der Waals surface area contributed by atoms with Crippen LogP contribution in [0, 0.1) is 11.8 Å². The van der Waals surface area contributed by atoms with Crippen molar-refractivity contribution < 1.29 is 9.13 Å². The maximum absolute atomic E-state index is 13.4. The second-order valence-electron chi connectivity index (χ2n) is 5.21. The molecule has 1 aromatic carbocycles. The van der Waals surface area contributed by atoms with E-state index in [1.807, 2.05) is 6.07 Å². The molecule has 20 heavy (non-hydrogen) atoms. The zero-order chi connectivity index (χ0) is 14.3. The second kappa shape index (κ2) is 5.41. The molecule has 2 saturated carbocycles. The molecule has 0 heterocycles. The molecule has 0 unspecified atom stereocenters. The van der Waals surface area contributed by atoms with Crippen molar-refractivity contribution in [3.8, 4) is 0 Å². The van der Waals surface area contributed by atoms with Gasteiger partial charge in [-0.15, -0.1) is 0 Å². The van der Waals surface area contributed by atoms with Gasteiger partial charge >= 0.3 is 0 Å². The molecule has 0 aliphatic heterocycles. The monoisotopic (exact) mass is 315 g/mol. The molecule has 0 amide bonds. The topological polar surface area (TPSA) is 58.0 Å². The van der Waals surface area contributed by atoms with E-state index >= 15 is 0 Å². The van der Waals surface area contributed by atoms with Crippen molar-refractivity contribution in [2.45, 2.75) is 31.3 Å². The Morgan fingerprint density at radius 1 is 1.40 bits per heavy atom. The van der Waals surface area contributed by atoms with E-state index in [4.69, 9.17) is 33.5 Å². The first-order chi connectivity index (χ1) is 9.61. The first-order valence-corrected chi connectivity index (χ1v) is 7.11. The molecule has 0 radical (unpaired) electrons. The number of halogens is 3. The molecule has 0 saturated heterocycles. The van der Waals surface area contributed by atoms with Gasteiger partial charge in [0, 0.05) is 10.8 Å². The summed E-state index contributed by atoms with van der Waals surface area (Å²) in [4.78, 5) is 2.80. The molecule has 0 bridgehead atoms. The molecular formula is C13H12Cl2FN3O. The number of ether oxygens (including phenoxy) is 1. The van der Waals surface area contributed by atoms with Gasteiger partial charge in [-0.05, 0) is 35.6 Å². The summed E-state index contributed by atoms with van der Waals surface area (Å²) in [5, 5.41) is 4.65. The van der Waals surface area contributed by atoms with Crippen molar-refractivity contribution in [1.29, 1.82) is 0 Å². The highest BCUT2D eigenvalue weighted by Gasteiger charge is 2.63. The molecule has 0 aromatic heterocycles. The van der Waals surface area contributed by atoms with Crippen molar-refractivity contribution in [3.05, 3.63) is 44.3 Å². The minimum absolute atomic E-state index is 0.00990. The number of azide groups is 1. The normalized spacial score (nSPS) is 34.5. The van der Waals surface area contributed by atoms with Gasteiger partial charge < -0.3 is 4.74 Å². The lowest BCUT2D eigenvalue weighted by atomic mass is 10.1. The van der Waals surface area contributed by atoms with Gasteiger partial charge in [0.1, 0.15) is 6.17 Å².